The number of nitriles is 2. The lowest BCUT2D eigenvalue weighted by atomic mass is 10.0. The summed E-state index contributed by atoms with van der Waals surface area (Å²) in [7, 11) is 0. The van der Waals surface area contributed by atoms with Gasteiger partial charge in [0, 0.05) is 17.8 Å². The third-order valence-electron chi connectivity index (χ3n) is 4.70. The van der Waals surface area contributed by atoms with Crippen molar-refractivity contribution >= 4 is 5.97 Å². The number of hydrogen-bond acceptors (Lipinski definition) is 3. The molecule has 0 saturated carbocycles. The van der Waals surface area contributed by atoms with Crippen molar-refractivity contribution in [2.45, 2.75) is 20.4 Å². The standard InChI is InChI=1S/C22H17N3O2/c1-14-20(19-9-7-17(12-24)8-10-19)15(2)25(21(14)22(26)27)13-18-5-3-16(11-23)4-6-18/h3-10H,13H2,1-2H3,(H,26,27). The topological polar surface area (TPSA) is 89.8 Å². The van der Waals surface area contributed by atoms with E-state index < -0.39 is 5.97 Å². The van der Waals surface area contributed by atoms with E-state index >= 15 is 0 Å². The first-order valence-electron chi connectivity index (χ1n) is 8.38. The molecule has 5 heteroatoms. The van der Waals surface area contributed by atoms with Crippen molar-refractivity contribution in [2.24, 2.45) is 0 Å². The molecule has 132 valence electrons. The summed E-state index contributed by atoms with van der Waals surface area (Å²) in [6.07, 6.45) is 0. The molecular formula is C22H17N3O2. The van der Waals surface area contributed by atoms with Crippen LogP contribution < -0.4 is 0 Å². The van der Waals surface area contributed by atoms with Crippen LogP contribution in [-0.4, -0.2) is 15.6 Å². The number of aromatic nitrogens is 1. The van der Waals surface area contributed by atoms with E-state index in [2.05, 4.69) is 12.1 Å². The number of hydrogen-bond donors (Lipinski definition) is 1. The quantitative estimate of drug-likeness (QED) is 0.757. The molecule has 1 heterocycles. The van der Waals surface area contributed by atoms with Gasteiger partial charge in [-0.1, -0.05) is 24.3 Å². The highest BCUT2D eigenvalue weighted by Gasteiger charge is 2.23. The molecular weight excluding hydrogens is 338 g/mol. The van der Waals surface area contributed by atoms with Gasteiger partial charge in [-0.15, -0.1) is 0 Å². The Labute approximate surface area is 157 Å². The highest BCUT2D eigenvalue weighted by atomic mass is 16.4. The van der Waals surface area contributed by atoms with E-state index in [0.717, 1.165) is 22.4 Å². The Morgan fingerprint density at radius 1 is 0.963 bits per heavy atom. The number of carboxylic acids is 1. The average Bonchev–Trinajstić information content (AvgIpc) is 2.92. The highest BCUT2D eigenvalue weighted by molar-refractivity contribution is 5.92. The molecule has 5 nitrogen and oxygen atoms in total. The van der Waals surface area contributed by atoms with E-state index in [0.29, 0.717) is 23.2 Å². The molecule has 0 aliphatic rings. The summed E-state index contributed by atoms with van der Waals surface area (Å²) in [4.78, 5) is 11.9. The van der Waals surface area contributed by atoms with Gasteiger partial charge in [0.25, 0.3) is 0 Å². The van der Waals surface area contributed by atoms with Gasteiger partial charge < -0.3 is 9.67 Å². The fourth-order valence-electron chi connectivity index (χ4n) is 3.37. The van der Waals surface area contributed by atoms with Gasteiger partial charge in [-0.05, 0) is 54.8 Å². The second-order valence-corrected chi connectivity index (χ2v) is 6.32. The van der Waals surface area contributed by atoms with E-state index in [1.54, 1.807) is 35.8 Å². The van der Waals surface area contributed by atoms with Crippen LogP contribution in [0.15, 0.2) is 48.5 Å². The predicted octanol–water partition coefficient (Wildman–Crippen LogP) is 4.26. The largest absolute Gasteiger partial charge is 0.477 e. The van der Waals surface area contributed by atoms with Gasteiger partial charge in [-0.3, -0.25) is 0 Å². The van der Waals surface area contributed by atoms with E-state index in [1.807, 2.05) is 31.2 Å². The number of aromatic carboxylic acids is 1. The summed E-state index contributed by atoms with van der Waals surface area (Å²) < 4.78 is 1.78. The summed E-state index contributed by atoms with van der Waals surface area (Å²) in [6.45, 7) is 4.10. The Kier molecular flexibility index (Phi) is 4.79. The summed E-state index contributed by atoms with van der Waals surface area (Å²) in [5.41, 5.74) is 5.57. The molecule has 1 aromatic heterocycles. The maximum absolute atomic E-state index is 11.9. The summed E-state index contributed by atoms with van der Waals surface area (Å²) >= 11 is 0. The molecule has 3 aromatic rings. The molecule has 0 unspecified atom stereocenters. The monoisotopic (exact) mass is 355 g/mol. The lowest BCUT2D eigenvalue weighted by Gasteiger charge is -2.10. The first-order valence-corrected chi connectivity index (χ1v) is 8.38. The maximum atomic E-state index is 11.9. The highest BCUT2D eigenvalue weighted by Crippen LogP contribution is 2.33. The molecule has 0 radical (unpaired) electrons. The molecule has 2 aromatic carbocycles. The third kappa shape index (κ3) is 3.31. The minimum absolute atomic E-state index is 0.246. The van der Waals surface area contributed by atoms with Crippen molar-refractivity contribution in [3.8, 4) is 23.3 Å². The molecule has 0 saturated heterocycles. The predicted molar refractivity (Wildman–Crippen MR) is 101 cm³/mol. The average molecular weight is 355 g/mol. The van der Waals surface area contributed by atoms with E-state index in [4.69, 9.17) is 10.5 Å². The smallest absolute Gasteiger partial charge is 0.352 e. The van der Waals surface area contributed by atoms with Crippen LogP contribution in [0.5, 0.6) is 0 Å². The number of rotatable bonds is 4. The van der Waals surface area contributed by atoms with Gasteiger partial charge >= 0.3 is 5.97 Å². The Hall–Kier alpha value is -3.83. The maximum Gasteiger partial charge on any atom is 0.352 e. The van der Waals surface area contributed by atoms with Crippen molar-refractivity contribution in [3.05, 3.63) is 82.2 Å². The zero-order valence-corrected chi connectivity index (χ0v) is 15.0. The van der Waals surface area contributed by atoms with Crippen molar-refractivity contribution in [1.29, 1.82) is 10.5 Å². The molecule has 0 aliphatic carbocycles. The lowest BCUT2D eigenvalue weighted by Crippen LogP contribution is -2.11. The zero-order valence-electron chi connectivity index (χ0n) is 15.0. The van der Waals surface area contributed by atoms with Crippen molar-refractivity contribution in [2.75, 3.05) is 0 Å². The van der Waals surface area contributed by atoms with Crippen LogP contribution in [0.4, 0.5) is 0 Å². The SMILES string of the molecule is Cc1c(-c2ccc(C#N)cc2)c(C)n(Cc2ccc(C#N)cc2)c1C(=O)O. The molecule has 27 heavy (non-hydrogen) atoms. The van der Waals surface area contributed by atoms with Gasteiger partial charge in [0.15, 0.2) is 0 Å². The fraction of sp³-hybridized carbons (Fsp3) is 0.136. The number of carboxylic acid groups (broad SMARTS) is 1. The van der Waals surface area contributed by atoms with Crippen molar-refractivity contribution in [1.82, 2.24) is 4.57 Å². The molecule has 0 spiro atoms. The molecule has 0 aliphatic heterocycles. The molecule has 1 N–H and O–H groups in total. The Bertz CT molecular complexity index is 1090. The van der Waals surface area contributed by atoms with Gasteiger partial charge in [-0.25, -0.2) is 4.79 Å². The molecule has 0 amide bonds. The Morgan fingerprint density at radius 3 is 1.96 bits per heavy atom. The van der Waals surface area contributed by atoms with Crippen LogP contribution >= 0.6 is 0 Å². The summed E-state index contributed by atoms with van der Waals surface area (Å²) in [5, 5.41) is 27.7. The third-order valence-corrected chi connectivity index (χ3v) is 4.70. The first kappa shape index (κ1) is 18.0. The van der Waals surface area contributed by atoms with Crippen molar-refractivity contribution in [3.63, 3.8) is 0 Å². The molecule has 0 fully saturated rings. The minimum Gasteiger partial charge on any atom is -0.477 e. The van der Waals surface area contributed by atoms with Crippen LogP contribution in [0.3, 0.4) is 0 Å². The van der Waals surface area contributed by atoms with Crippen LogP contribution in [0, 0.1) is 36.5 Å². The van der Waals surface area contributed by atoms with Gasteiger partial charge in [0.1, 0.15) is 5.69 Å². The number of nitrogens with zero attached hydrogens (tertiary/aromatic N) is 3. The summed E-state index contributed by atoms with van der Waals surface area (Å²) in [5.74, 6) is -0.982. The van der Waals surface area contributed by atoms with Crippen LogP contribution in [0.2, 0.25) is 0 Å². The second-order valence-electron chi connectivity index (χ2n) is 6.32. The number of benzene rings is 2. The molecule has 0 atom stereocenters. The minimum atomic E-state index is -0.982. The van der Waals surface area contributed by atoms with Crippen molar-refractivity contribution < 1.29 is 9.90 Å². The Morgan fingerprint density at radius 2 is 1.48 bits per heavy atom. The second kappa shape index (κ2) is 7.19. The van der Waals surface area contributed by atoms with Crippen LogP contribution in [0.25, 0.3) is 11.1 Å². The fourth-order valence-corrected chi connectivity index (χ4v) is 3.37. The van der Waals surface area contributed by atoms with Gasteiger partial charge in [0.2, 0.25) is 0 Å². The number of carbonyl (C=O) groups is 1. The van der Waals surface area contributed by atoms with Crippen LogP contribution in [-0.2, 0) is 6.54 Å². The zero-order chi connectivity index (χ0) is 19.6. The summed E-state index contributed by atoms with van der Waals surface area (Å²) in [6, 6.07) is 18.4. The lowest BCUT2D eigenvalue weighted by molar-refractivity contribution is 0.0684. The van der Waals surface area contributed by atoms with E-state index in [-0.39, 0.29) is 5.69 Å². The van der Waals surface area contributed by atoms with E-state index in [9.17, 15) is 9.90 Å². The van der Waals surface area contributed by atoms with Crippen LogP contribution in [0.1, 0.15) is 38.4 Å². The molecule has 0 bridgehead atoms. The molecule has 3 rings (SSSR count). The normalized spacial score (nSPS) is 10.2. The Balaban J connectivity index is 2.11. The van der Waals surface area contributed by atoms with Gasteiger partial charge in [0.05, 0.1) is 23.3 Å². The first-order chi connectivity index (χ1) is 13.0. The van der Waals surface area contributed by atoms with Gasteiger partial charge in [-0.2, -0.15) is 10.5 Å². The van der Waals surface area contributed by atoms with E-state index in [1.165, 1.54) is 0 Å².